The summed E-state index contributed by atoms with van der Waals surface area (Å²) in [4.78, 5) is 33.0. The first kappa shape index (κ1) is 21.1. The molecule has 1 aromatic carbocycles. The van der Waals surface area contributed by atoms with Crippen molar-refractivity contribution in [2.75, 3.05) is 44.8 Å². The highest BCUT2D eigenvalue weighted by Crippen LogP contribution is 2.34. The van der Waals surface area contributed by atoms with Crippen molar-refractivity contribution < 1.29 is 24.2 Å². The number of amides is 1. The number of aromatic nitrogens is 1. The van der Waals surface area contributed by atoms with Gasteiger partial charge in [-0.15, -0.1) is 0 Å². The lowest BCUT2D eigenvalue weighted by atomic mass is 10.0. The van der Waals surface area contributed by atoms with E-state index in [-0.39, 0.29) is 19.1 Å². The number of hydrogen-bond acceptors (Lipinski definition) is 7. The number of carbonyl (C=O) groups excluding carboxylic acids is 1. The lowest BCUT2D eigenvalue weighted by molar-refractivity contribution is -0.144. The number of ether oxygens (including phenoxy) is 2. The molecule has 4 rings (SSSR count). The summed E-state index contributed by atoms with van der Waals surface area (Å²) in [7, 11) is 0. The lowest BCUT2D eigenvalue weighted by Gasteiger charge is -2.35. The first-order chi connectivity index (χ1) is 15.1. The maximum atomic E-state index is 12.4. The Balaban J connectivity index is 1.25. The smallest absolute Gasteiger partial charge is 0.308 e. The number of nitrogens with one attached hydrogen (secondary N) is 1. The number of piperazine rings is 1. The van der Waals surface area contributed by atoms with Crippen LogP contribution in [0.1, 0.15) is 12.1 Å². The second-order valence-electron chi connectivity index (χ2n) is 7.75. The highest BCUT2D eigenvalue weighted by molar-refractivity contribution is 5.93. The summed E-state index contributed by atoms with van der Waals surface area (Å²) in [5, 5.41) is 12.4. The molecule has 31 heavy (non-hydrogen) atoms. The summed E-state index contributed by atoms with van der Waals surface area (Å²) in [6.07, 6.45) is 1.70. The van der Waals surface area contributed by atoms with Crippen molar-refractivity contribution in [3.05, 3.63) is 48.3 Å². The average molecular weight is 426 g/mol. The van der Waals surface area contributed by atoms with E-state index in [0.29, 0.717) is 23.7 Å². The number of benzene rings is 1. The molecule has 1 fully saturated rings. The molecule has 0 radical (unpaired) electrons. The van der Waals surface area contributed by atoms with Crippen LogP contribution in [0.3, 0.4) is 0 Å². The van der Waals surface area contributed by atoms with Crippen molar-refractivity contribution in [2.45, 2.75) is 13.0 Å². The van der Waals surface area contributed by atoms with E-state index >= 15 is 0 Å². The van der Waals surface area contributed by atoms with Crippen LogP contribution in [-0.2, 0) is 16.1 Å². The van der Waals surface area contributed by atoms with Crippen LogP contribution in [0.25, 0.3) is 0 Å². The van der Waals surface area contributed by atoms with E-state index in [4.69, 9.17) is 9.47 Å². The number of anilines is 1. The Morgan fingerprint density at radius 1 is 1.06 bits per heavy atom. The molecule has 1 amide bonds. The number of rotatable bonds is 8. The number of carboxylic acid groups (broad SMARTS) is 1. The maximum Gasteiger partial charge on any atom is 0.308 e. The lowest BCUT2D eigenvalue weighted by Crippen LogP contribution is -2.48. The quantitative estimate of drug-likeness (QED) is 0.657. The van der Waals surface area contributed by atoms with Gasteiger partial charge in [0.05, 0.1) is 11.6 Å². The summed E-state index contributed by atoms with van der Waals surface area (Å²) in [6, 6.07) is 11.0. The molecule has 1 saturated heterocycles. The second kappa shape index (κ2) is 9.76. The van der Waals surface area contributed by atoms with Crippen LogP contribution in [0, 0.1) is 5.92 Å². The Morgan fingerprint density at radius 2 is 1.84 bits per heavy atom. The molecule has 0 spiro atoms. The first-order valence-electron chi connectivity index (χ1n) is 10.3. The number of fused-ring (bicyclic) bond motifs is 1. The van der Waals surface area contributed by atoms with Crippen LogP contribution < -0.4 is 14.8 Å². The zero-order valence-electron chi connectivity index (χ0n) is 17.2. The van der Waals surface area contributed by atoms with E-state index in [1.165, 1.54) is 0 Å². The van der Waals surface area contributed by atoms with Gasteiger partial charge in [0.2, 0.25) is 12.7 Å². The third-order valence-electron chi connectivity index (χ3n) is 5.49. The molecule has 0 unspecified atom stereocenters. The van der Waals surface area contributed by atoms with Gasteiger partial charge in [0.25, 0.3) is 0 Å². The van der Waals surface area contributed by atoms with Crippen molar-refractivity contribution >= 4 is 17.6 Å². The molecule has 2 aliphatic heterocycles. The molecule has 2 aliphatic rings. The summed E-state index contributed by atoms with van der Waals surface area (Å²) in [5.41, 5.74) is 1.58. The fraction of sp³-hybridized carbons (Fsp3) is 0.409. The molecule has 3 heterocycles. The van der Waals surface area contributed by atoms with Crippen LogP contribution in [0.15, 0.2) is 42.6 Å². The molecule has 1 atom stereocenters. The van der Waals surface area contributed by atoms with Gasteiger partial charge < -0.3 is 19.9 Å². The van der Waals surface area contributed by atoms with Crippen LogP contribution >= 0.6 is 0 Å². The molecule has 164 valence electrons. The number of carboxylic acids is 1. The molecule has 2 aromatic rings. The summed E-state index contributed by atoms with van der Waals surface area (Å²) in [6.45, 7) is 4.50. The molecule has 0 bridgehead atoms. The van der Waals surface area contributed by atoms with E-state index in [1.807, 2.05) is 18.2 Å². The van der Waals surface area contributed by atoms with Crippen LogP contribution in [0.2, 0.25) is 0 Å². The predicted molar refractivity (Wildman–Crippen MR) is 113 cm³/mol. The third-order valence-corrected chi connectivity index (χ3v) is 5.49. The van der Waals surface area contributed by atoms with Gasteiger partial charge in [-0.2, -0.15) is 0 Å². The van der Waals surface area contributed by atoms with Gasteiger partial charge in [-0.05, 0) is 24.3 Å². The van der Waals surface area contributed by atoms with Crippen molar-refractivity contribution in [1.82, 2.24) is 14.8 Å². The van der Waals surface area contributed by atoms with E-state index in [2.05, 4.69) is 20.1 Å². The molecule has 1 aromatic heterocycles. The molecule has 2 N–H and O–H groups in total. The Labute approximate surface area is 180 Å². The van der Waals surface area contributed by atoms with Gasteiger partial charge in [0, 0.05) is 63.6 Å². The molecule has 0 aliphatic carbocycles. The number of carbonyl (C=O) groups is 2. The molecule has 9 heteroatoms. The molecular formula is C22H26N4O5. The average Bonchev–Trinajstić information content (AvgIpc) is 3.23. The minimum Gasteiger partial charge on any atom is -0.481 e. The highest BCUT2D eigenvalue weighted by atomic mass is 16.7. The fourth-order valence-corrected chi connectivity index (χ4v) is 3.80. The monoisotopic (exact) mass is 426 g/mol. The highest BCUT2D eigenvalue weighted by Gasteiger charge is 2.27. The Morgan fingerprint density at radius 3 is 2.58 bits per heavy atom. The van der Waals surface area contributed by atoms with Crippen molar-refractivity contribution in [3.63, 3.8) is 0 Å². The van der Waals surface area contributed by atoms with Gasteiger partial charge >= 0.3 is 5.97 Å². The fourth-order valence-electron chi connectivity index (χ4n) is 3.80. The van der Waals surface area contributed by atoms with Crippen molar-refractivity contribution in [3.8, 4) is 11.5 Å². The molecular weight excluding hydrogens is 400 g/mol. The van der Waals surface area contributed by atoms with Crippen LogP contribution in [-0.4, -0.2) is 71.3 Å². The largest absolute Gasteiger partial charge is 0.481 e. The normalized spacial score (nSPS) is 17.3. The summed E-state index contributed by atoms with van der Waals surface area (Å²) in [5.74, 6) is -0.868. The Bertz CT molecular complexity index is 915. The van der Waals surface area contributed by atoms with Crippen molar-refractivity contribution in [1.29, 1.82) is 0 Å². The molecule has 9 nitrogen and oxygen atoms in total. The predicted octanol–water partition coefficient (Wildman–Crippen LogP) is 1.66. The topological polar surface area (TPSA) is 104 Å². The zero-order chi connectivity index (χ0) is 21.6. The third kappa shape index (κ3) is 5.71. The van der Waals surface area contributed by atoms with Crippen LogP contribution in [0.4, 0.5) is 5.69 Å². The number of aliphatic carboxylic acids is 1. The maximum absolute atomic E-state index is 12.4. The van der Waals surface area contributed by atoms with Gasteiger partial charge in [-0.25, -0.2) is 0 Å². The number of nitrogens with zero attached hydrogens (tertiary/aromatic N) is 3. The van der Waals surface area contributed by atoms with E-state index in [9.17, 15) is 14.7 Å². The van der Waals surface area contributed by atoms with E-state index in [1.54, 1.807) is 24.4 Å². The Hall–Kier alpha value is -3.17. The van der Waals surface area contributed by atoms with E-state index < -0.39 is 11.9 Å². The van der Waals surface area contributed by atoms with Gasteiger partial charge in [-0.1, -0.05) is 6.07 Å². The summed E-state index contributed by atoms with van der Waals surface area (Å²) >= 11 is 0. The molecule has 0 saturated carbocycles. The van der Waals surface area contributed by atoms with E-state index in [0.717, 1.165) is 38.4 Å². The van der Waals surface area contributed by atoms with Crippen molar-refractivity contribution in [2.24, 2.45) is 5.92 Å². The van der Waals surface area contributed by atoms with Gasteiger partial charge in [0.1, 0.15) is 0 Å². The number of hydrogen-bond donors (Lipinski definition) is 2. The summed E-state index contributed by atoms with van der Waals surface area (Å²) < 4.78 is 10.6. The van der Waals surface area contributed by atoms with Gasteiger partial charge in [0.15, 0.2) is 11.5 Å². The zero-order valence-corrected chi connectivity index (χ0v) is 17.2. The Kier molecular flexibility index (Phi) is 6.63. The number of pyridine rings is 1. The SMILES string of the molecule is O=C(C[C@H](CN1CCN(Cc2ccccn2)CC1)C(=O)O)Nc1ccc2c(c1)OCO2. The first-order valence-corrected chi connectivity index (χ1v) is 10.3. The van der Waals surface area contributed by atoms with Crippen LogP contribution in [0.5, 0.6) is 11.5 Å². The minimum atomic E-state index is -0.961. The van der Waals surface area contributed by atoms with Gasteiger partial charge in [-0.3, -0.25) is 24.4 Å². The second-order valence-corrected chi connectivity index (χ2v) is 7.75. The minimum absolute atomic E-state index is 0.0854. The standard InChI is InChI=1S/C22H26N4O5/c27-21(24-17-4-5-19-20(12-17)31-15-30-19)11-16(22(28)29)13-25-7-9-26(10-8-25)14-18-3-1-2-6-23-18/h1-6,12,16H,7-11,13-15H2,(H,24,27)(H,28,29)/t16-/m1/s1.